The molecule has 0 aliphatic rings. The van der Waals surface area contributed by atoms with Crippen molar-refractivity contribution in [1.29, 1.82) is 0 Å². The molecular formula is C12H18BrN. The lowest BCUT2D eigenvalue weighted by Gasteiger charge is -2.27. The summed E-state index contributed by atoms with van der Waals surface area (Å²) in [6.45, 7) is 6.49. The van der Waals surface area contributed by atoms with Crippen LogP contribution in [-0.4, -0.2) is 0 Å². The second-order valence-electron chi connectivity index (χ2n) is 4.53. The Morgan fingerprint density at radius 2 is 2.07 bits per heavy atom. The van der Waals surface area contributed by atoms with E-state index in [4.69, 9.17) is 5.73 Å². The van der Waals surface area contributed by atoms with Gasteiger partial charge in [0.1, 0.15) is 0 Å². The Kier molecular flexibility index (Phi) is 3.73. The van der Waals surface area contributed by atoms with Gasteiger partial charge in [-0.3, -0.25) is 0 Å². The number of hydrogen-bond acceptors (Lipinski definition) is 1. The van der Waals surface area contributed by atoms with E-state index in [1.54, 1.807) is 0 Å². The van der Waals surface area contributed by atoms with E-state index < -0.39 is 0 Å². The quantitative estimate of drug-likeness (QED) is 0.877. The molecule has 0 radical (unpaired) electrons. The predicted molar refractivity (Wildman–Crippen MR) is 65.1 cm³/mol. The van der Waals surface area contributed by atoms with Crippen molar-refractivity contribution in [1.82, 2.24) is 0 Å². The summed E-state index contributed by atoms with van der Waals surface area (Å²) >= 11 is 3.47. The van der Waals surface area contributed by atoms with E-state index >= 15 is 0 Å². The molecule has 1 atom stereocenters. The lowest BCUT2D eigenvalue weighted by atomic mass is 9.85. The molecule has 0 fully saturated rings. The van der Waals surface area contributed by atoms with Crippen molar-refractivity contribution in [3.8, 4) is 0 Å². The Labute approximate surface area is 94.8 Å². The van der Waals surface area contributed by atoms with Crippen LogP contribution in [0.2, 0.25) is 0 Å². The molecule has 2 N–H and O–H groups in total. The third kappa shape index (κ3) is 3.10. The Balaban J connectivity index is 2.91. The standard InChI is InChI=1S/C12H18BrN/c1-9(2)8-12(3,14)10-5-4-6-11(13)7-10/h4-7,9H,8,14H2,1-3H3/t12-/m0/s1. The van der Waals surface area contributed by atoms with Crippen LogP contribution >= 0.6 is 15.9 Å². The van der Waals surface area contributed by atoms with Crippen molar-refractivity contribution in [2.45, 2.75) is 32.7 Å². The summed E-state index contributed by atoms with van der Waals surface area (Å²) in [7, 11) is 0. The van der Waals surface area contributed by atoms with Gasteiger partial charge < -0.3 is 5.73 Å². The van der Waals surface area contributed by atoms with Crippen LogP contribution in [0.5, 0.6) is 0 Å². The van der Waals surface area contributed by atoms with Crippen LogP contribution in [0.15, 0.2) is 28.7 Å². The molecule has 1 aromatic carbocycles. The van der Waals surface area contributed by atoms with Crippen LogP contribution in [0, 0.1) is 5.92 Å². The third-order valence-corrected chi connectivity index (χ3v) is 2.81. The monoisotopic (exact) mass is 255 g/mol. The van der Waals surface area contributed by atoms with E-state index in [1.165, 1.54) is 5.56 Å². The van der Waals surface area contributed by atoms with Gasteiger partial charge in [0.05, 0.1) is 0 Å². The van der Waals surface area contributed by atoms with Gasteiger partial charge in [-0.25, -0.2) is 0 Å². The van der Waals surface area contributed by atoms with Gasteiger partial charge in [-0.15, -0.1) is 0 Å². The SMILES string of the molecule is CC(C)C[C@](C)(N)c1cccc(Br)c1. The first-order chi connectivity index (χ1) is 6.42. The van der Waals surface area contributed by atoms with Crippen molar-refractivity contribution >= 4 is 15.9 Å². The van der Waals surface area contributed by atoms with Gasteiger partial charge in [-0.1, -0.05) is 41.9 Å². The normalized spacial score (nSPS) is 15.6. The number of nitrogens with two attached hydrogens (primary N) is 1. The lowest BCUT2D eigenvalue weighted by molar-refractivity contribution is 0.380. The van der Waals surface area contributed by atoms with Crippen LogP contribution < -0.4 is 5.73 Å². The first-order valence-electron chi connectivity index (χ1n) is 4.97. The fourth-order valence-electron chi connectivity index (χ4n) is 1.81. The van der Waals surface area contributed by atoms with Crippen molar-refractivity contribution in [2.24, 2.45) is 11.7 Å². The average molecular weight is 256 g/mol. The van der Waals surface area contributed by atoms with E-state index in [-0.39, 0.29) is 5.54 Å². The third-order valence-electron chi connectivity index (χ3n) is 2.32. The minimum atomic E-state index is -0.224. The highest BCUT2D eigenvalue weighted by Gasteiger charge is 2.22. The smallest absolute Gasteiger partial charge is 0.0383 e. The maximum atomic E-state index is 6.29. The predicted octanol–water partition coefficient (Wildman–Crippen LogP) is 3.67. The van der Waals surface area contributed by atoms with Gasteiger partial charge in [0.2, 0.25) is 0 Å². The van der Waals surface area contributed by atoms with E-state index in [1.807, 2.05) is 12.1 Å². The highest BCUT2D eigenvalue weighted by Crippen LogP contribution is 2.27. The fourth-order valence-corrected chi connectivity index (χ4v) is 2.21. The molecule has 14 heavy (non-hydrogen) atoms. The number of hydrogen-bond donors (Lipinski definition) is 1. The molecule has 0 spiro atoms. The van der Waals surface area contributed by atoms with Crippen LogP contribution in [0.3, 0.4) is 0 Å². The van der Waals surface area contributed by atoms with E-state index in [2.05, 4.69) is 48.8 Å². The zero-order valence-electron chi connectivity index (χ0n) is 9.05. The first kappa shape index (κ1) is 11.7. The Bertz CT molecular complexity index is 305. The molecule has 0 unspecified atom stereocenters. The minimum absolute atomic E-state index is 0.224. The summed E-state index contributed by atoms with van der Waals surface area (Å²) in [4.78, 5) is 0. The van der Waals surface area contributed by atoms with Crippen LogP contribution in [0.25, 0.3) is 0 Å². The molecule has 1 aromatic rings. The largest absolute Gasteiger partial charge is 0.322 e. The van der Waals surface area contributed by atoms with Crippen LogP contribution in [0.4, 0.5) is 0 Å². The van der Waals surface area contributed by atoms with Crippen LogP contribution in [-0.2, 0) is 5.54 Å². The van der Waals surface area contributed by atoms with Crippen molar-refractivity contribution in [3.05, 3.63) is 34.3 Å². The highest BCUT2D eigenvalue weighted by molar-refractivity contribution is 9.10. The Morgan fingerprint density at radius 3 is 2.57 bits per heavy atom. The summed E-state index contributed by atoms with van der Waals surface area (Å²) in [6, 6.07) is 8.25. The van der Waals surface area contributed by atoms with E-state index in [9.17, 15) is 0 Å². The summed E-state index contributed by atoms with van der Waals surface area (Å²) in [6.07, 6.45) is 1.00. The molecule has 0 saturated carbocycles. The maximum Gasteiger partial charge on any atom is 0.0383 e. The van der Waals surface area contributed by atoms with Gasteiger partial charge in [0, 0.05) is 10.0 Å². The van der Waals surface area contributed by atoms with Gasteiger partial charge in [-0.05, 0) is 37.0 Å². The molecule has 1 nitrogen and oxygen atoms in total. The number of benzene rings is 1. The molecule has 0 amide bonds. The number of halogens is 1. The summed E-state index contributed by atoms with van der Waals surface area (Å²) in [5.41, 5.74) is 7.26. The van der Waals surface area contributed by atoms with Gasteiger partial charge in [0.15, 0.2) is 0 Å². The van der Waals surface area contributed by atoms with Gasteiger partial charge in [0.25, 0.3) is 0 Å². The summed E-state index contributed by atoms with van der Waals surface area (Å²) < 4.78 is 1.09. The molecule has 2 heteroatoms. The first-order valence-corrected chi connectivity index (χ1v) is 5.76. The molecule has 0 aromatic heterocycles. The summed E-state index contributed by atoms with van der Waals surface area (Å²) in [5, 5.41) is 0. The van der Waals surface area contributed by atoms with Gasteiger partial charge >= 0.3 is 0 Å². The molecule has 0 aliphatic heterocycles. The van der Waals surface area contributed by atoms with Gasteiger partial charge in [-0.2, -0.15) is 0 Å². The zero-order valence-corrected chi connectivity index (χ0v) is 10.6. The topological polar surface area (TPSA) is 26.0 Å². The molecular weight excluding hydrogens is 238 g/mol. The zero-order chi connectivity index (χ0) is 10.8. The van der Waals surface area contributed by atoms with E-state index in [0.29, 0.717) is 5.92 Å². The van der Waals surface area contributed by atoms with Crippen LogP contribution in [0.1, 0.15) is 32.8 Å². The molecule has 0 bridgehead atoms. The highest BCUT2D eigenvalue weighted by atomic mass is 79.9. The lowest BCUT2D eigenvalue weighted by Crippen LogP contribution is -2.34. The molecule has 78 valence electrons. The fraction of sp³-hybridized carbons (Fsp3) is 0.500. The average Bonchev–Trinajstić information content (AvgIpc) is 2.01. The second-order valence-corrected chi connectivity index (χ2v) is 5.44. The molecule has 0 saturated heterocycles. The Hall–Kier alpha value is -0.340. The number of rotatable bonds is 3. The minimum Gasteiger partial charge on any atom is -0.322 e. The second kappa shape index (κ2) is 4.45. The molecule has 0 aliphatic carbocycles. The van der Waals surface area contributed by atoms with Crippen molar-refractivity contribution in [2.75, 3.05) is 0 Å². The summed E-state index contributed by atoms with van der Waals surface area (Å²) in [5.74, 6) is 0.615. The molecule has 0 heterocycles. The van der Waals surface area contributed by atoms with Crippen molar-refractivity contribution in [3.63, 3.8) is 0 Å². The molecule has 1 rings (SSSR count). The van der Waals surface area contributed by atoms with E-state index in [0.717, 1.165) is 10.9 Å². The maximum absolute atomic E-state index is 6.29. The van der Waals surface area contributed by atoms with Crippen molar-refractivity contribution < 1.29 is 0 Å². The Morgan fingerprint density at radius 1 is 1.43 bits per heavy atom.